The van der Waals surface area contributed by atoms with Crippen molar-refractivity contribution in [2.75, 3.05) is 0 Å². The smallest absolute Gasteiger partial charge is 0.263 e. The summed E-state index contributed by atoms with van der Waals surface area (Å²) in [5.74, 6) is 1.95. The van der Waals surface area contributed by atoms with Gasteiger partial charge in [0, 0.05) is 17.3 Å². The van der Waals surface area contributed by atoms with Crippen LogP contribution in [-0.4, -0.2) is 19.7 Å². The lowest BCUT2D eigenvalue weighted by molar-refractivity contribution is 0.382. The summed E-state index contributed by atoms with van der Waals surface area (Å²) >= 11 is 3.11. The summed E-state index contributed by atoms with van der Waals surface area (Å²) in [4.78, 5) is 24.4. The average molecular weight is 389 g/mol. The van der Waals surface area contributed by atoms with Crippen molar-refractivity contribution in [3.8, 4) is 0 Å². The Morgan fingerprint density at radius 2 is 2.23 bits per heavy atom. The molecule has 4 rings (SSSR count). The molecule has 26 heavy (non-hydrogen) atoms. The molecule has 0 saturated carbocycles. The Kier molecular flexibility index (Phi) is 4.71. The van der Waals surface area contributed by atoms with Crippen molar-refractivity contribution in [2.45, 2.75) is 56.5 Å². The molecule has 0 aromatic carbocycles. The number of hydrogen-bond acceptors (Lipinski definition) is 7. The topological polar surface area (TPSA) is 73.8 Å². The monoisotopic (exact) mass is 388 g/mol. The van der Waals surface area contributed by atoms with E-state index < -0.39 is 0 Å². The van der Waals surface area contributed by atoms with Gasteiger partial charge in [-0.05, 0) is 24.8 Å². The highest BCUT2D eigenvalue weighted by Crippen LogP contribution is 2.35. The molecule has 0 atom stereocenters. The third-order valence-corrected chi connectivity index (χ3v) is 6.57. The number of aryl methyl sites for hydroxylation is 2. The molecule has 0 radical (unpaired) electrons. The van der Waals surface area contributed by atoms with Crippen molar-refractivity contribution in [1.29, 1.82) is 0 Å². The van der Waals surface area contributed by atoms with Crippen LogP contribution in [0.1, 0.15) is 48.3 Å². The van der Waals surface area contributed by atoms with Crippen LogP contribution in [-0.2, 0) is 25.1 Å². The summed E-state index contributed by atoms with van der Waals surface area (Å²) in [6, 6.07) is 0. The fourth-order valence-electron chi connectivity index (χ4n) is 3.15. The van der Waals surface area contributed by atoms with E-state index in [2.05, 4.69) is 16.7 Å². The lowest BCUT2D eigenvalue weighted by Crippen LogP contribution is -2.22. The number of rotatable bonds is 6. The Balaban J connectivity index is 1.70. The molecular weight excluding hydrogens is 368 g/mol. The normalized spacial score (nSPS) is 13.7. The molecule has 0 saturated heterocycles. The van der Waals surface area contributed by atoms with Gasteiger partial charge in [-0.3, -0.25) is 9.36 Å². The van der Waals surface area contributed by atoms with E-state index in [0.29, 0.717) is 29.2 Å². The van der Waals surface area contributed by atoms with Gasteiger partial charge in [0.05, 0.1) is 11.1 Å². The van der Waals surface area contributed by atoms with Gasteiger partial charge in [0.2, 0.25) is 5.89 Å². The highest BCUT2D eigenvalue weighted by atomic mass is 32.2. The van der Waals surface area contributed by atoms with Crippen molar-refractivity contribution in [2.24, 2.45) is 0 Å². The molecule has 3 heterocycles. The predicted molar refractivity (Wildman–Crippen MR) is 104 cm³/mol. The molecule has 0 unspecified atom stereocenters. The first-order valence-electron chi connectivity index (χ1n) is 8.69. The number of aromatic nitrogens is 4. The molecule has 1 aliphatic rings. The van der Waals surface area contributed by atoms with Crippen LogP contribution in [0.3, 0.4) is 0 Å². The maximum Gasteiger partial charge on any atom is 0.263 e. The SMILES string of the molecule is C=CCn1c(SCc2nc(C(C)C)no2)nc2sc3c(c2c1=O)CCC3. The first kappa shape index (κ1) is 17.5. The maximum atomic E-state index is 13.1. The molecule has 0 aliphatic heterocycles. The molecule has 0 bridgehead atoms. The quantitative estimate of drug-likeness (QED) is 0.362. The van der Waals surface area contributed by atoms with E-state index in [1.165, 1.54) is 22.2 Å². The van der Waals surface area contributed by atoms with Crippen LogP contribution in [0.15, 0.2) is 27.1 Å². The summed E-state index contributed by atoms with van der Waals surface area (Å²) in [5.41, 5.74) is 1.24. The van der Waals surface area contributed by atoms with Crippen LogP contribution in [0.4, 0.5) is 0 Å². The zero-order valence-electron chi connectivity index (χ0n) is 14.8. The number of nitrogens with zero attached hydrogens (tertiary/aromatic N) is 4. The largest absolute Gasteiger partial charge is 0.338 e. The Morgan fingerprint density at radius 3 is 2.96 bits per heavy atom. The van der Waals surface area contributed by atoms with Gasteiger partial charge in [0.1, 0.15) is 4.83 Å². The van der Waals surface area contributed by atoms with Crippen LogP contribution in [0, 0.1) is 0 Å². The molecule has 6 nitrogen and oxygen atoms in total. The number of hydrogen-bond donors (Lipinski definition) is 0. The minimum Gasteiger partial charge on any atom is -0.338 e. The molecular formula is C18H20N4O2S2. The maximum absolute atomic E-state index is 13.1. The van der Waals surface area contributed by atoms with Crippen LogP contribution in [0.5, 0.6) is 0 Å². The number of thiophene rings is 1. The van der Waals surface area contributed by atoms with E-state index in [1.807, 2.05) is 13.8 Å². The minimum atomic E-state index is 0.0326. The lowest BCUT2D eigenvalue weighted by Gasteiger charge is -2.09. The van der Waals surface area contributed by atoms with Crippen molar-refractivity contribution in [3.63, 3.8) is 0 Å². The van der Waals surface area contributed by atoms with Gasteiger partial charge >= 0.3 is 0 Å². The number of fused-ring (bicyclic) bond motifs is 3. The third-order valence-electron chi connectivity index (χ3n) is 4.43. The van der Waals surface area contributed by atoms with E-state index in [0.717, 1.165) is 29.5 Å². The zero-order chi connectivity index (χ0) is 18.3. The second-order valence-electron chi connectivity index (χ2n) is 6.63. The average Bonchev–Trinajstić information content (AvgIpc) is 3.30. The van der Waals surface area contributed by atoms with Gasteiger partial charge in [0.15, 0.2) is 11.0 Å². The van der Waals surface area contributed by atoms with Gasteiger partial charge in [0.25, 0.3) is 5.56 Å². The molecule has 0 amide bonds. The summed E-state index contributed by atoms with van der Waals surface area (Å²) in [7, 11) is 0. The van der Waals surface area contributed by atoms with E-state index in [-0.39, 0.29) is 11.5 Å². The second kappa shape index (κ2) is 7.00. The number of thioether (sulfide) groups is 1. The number of allylic oxidation sites excluding steroid dienone is 1. The van der Waals surface area contributed by atoms with Crippen LogP contribution < -0.4 is 5.56 Å². The van der Waals surface area contributed by atoms with Crippen LogP contribution in [0.2, 0.25) is 0 Å². The fraction of sp³-hybridized carbons (Fsp3) is 0.444. The van der Waals surface area contributed by atoms with Gasteiger partial charge in [-0.25, -0.2) is 4.98 Å². The van der Waals surface area contributed by atoms with Crippen molar-refractivity contribution in [3.05, 3.63) is 45.2 Å². The third kappa shape index (κ3) is 3.01. The highest BCUT2D eigenvalue weighted by Gasteiger charge is 2.23. The summed E-state index contributed by atoms with van der Waals surface area (Å²) < 4.78 is 7.00. The molecule has 3 aromatic heterocycles. The lowest BCUT2D eigenvalue weighted by atomic mass is 10.2. The first-order chi connectivity index (χ1) is 12.6. The first-order valence-corrected chi connectivity index (χ1v) is 10.5. The summed E-state index contributed by atoms with van der Waals surface area (Å²) in [5, 5.41) is 5.46. The van der Waals surface area contributed by atoms with Gasteiger partial charge < -0.3 is 4.52 Å². The van der Waals surface area contributed by atoms with Gasteiger partial charge in [-0.2, -0.15) is 4.98 Å². The van der Waals surface area contributed by atoms with Crippen LogP contribution >= 0.6 is 23.1 Å². The van der Waals surface area contributed by atoms with Crippen molar-refractivity contribution in [1.82, 2.24) is 19.7 Å². The van der Waals surface area contributed by atoms with E-state index in [1.54, 1.807) is 22.0 Å². The summed E-state index contributed by atoms with van der Waals surface area (Å²) in [6.45, 7) is 8.27. The van der Waals surface area contributed by atoms with Crippen LogP contribution in [0.25, 0.3) is 10.2 Å². The molecule has 0 fully saturated rings. The Morgan fingerprint density at radius 1 is 1.38 bits per heavy atom. The van der Waals surface area contributed by atoms with Crippen molar-refractivity contribution < 1.29 is 4.52 Å². The second-order valence-corrected chi connectivity index (χ2v) is 8.65. The minimum absolute atomic E-state index is 0.0326. The Hall–Kier alpha value is -1.93. The standard InChI is InChI=1S/C18H20N4O2S2/c1-4-8-22-17(23)14-11-6-5-7-12(11)26-16(14)20-18(22)25-9-13-19-15(10(2)3)21-24-13/h4,10H,1,5-9H2,2-3H3. The molecule has 3 aromatic rings. The molecule has 0 spiro atoms. The van der Waals surface area contributed by atoms with Crippen molar-refractivity contribution >= 4 is 33.3 Å². The zero-order valence-corrected chi connectivity index (χ0v) is 16.5. The van der Waals surface area contributed by atoms with Gasteiger partial charge in [-0.1, -0.05) is 36.8 Å². The van der Waals surface area contributed by atoms with E-state index in [4.69, 9.17) is 9.51 Å². The Labute approximate surface area is 159 Å². The molecule has 0 N–H and O–H groups in total. The van der Waals surface area contributed by atoms with E-state index in [9.17, 15) is 4.79 Å². The van der Waals surface area contributed by atoms with E-state index >= 15 is 0 Å². The summed E-state index contributed by atoms with van der Waals surface area (Å²) in [6.07, 6.45) is 4.89. The molecule has 136 valence electrons. The fourth-order valence-corrected chi connectivity index (χ4v) is 5.29. The highest BCUT2D eigenvalue weighted by molar-refractivity contribution is 7.98. The Bertz CT molecular complexity index is 1030. The molecule has 8 heteroatoms. The molecule has 1 aliphatic carbocycles. The predicted octanol–water partition coefficient (Wildman–Crippen LogP) is 3.93. The van der Waals surface area contributed by atoms with Gasteiger partial charge in [-0.15, -0.1) is 17.9 Å².